The van der Waals surface area contributed by atoms with Crippen LogP contribution in [0.1, 0.15) is 48.9 Å². The predicted octanol–water partition coefficient (Wildman–Crippen LogP) is 2.74. The molecule has 0 amide bonds. The molecule has 1 N–H and O–H groups in total. The van der Waals surface area contributed by atoms with E-state index in [2.05, 4.69) is 38.0 Å². The number of aromatic amines is 1. The van der Waals surface area contributed by atoms with E-state index in [-0.39, 0.29) is 0 Å². The lowest BCUT2D eigenvalue weighted by Crippen LogP contribution is -2.15. The monoisotopic (exact) mass is 275 g/mol. The molecule has 1 unspecified atom stereocenters. The van der Waals surface area contributed by atoms with Gasteiger partial charge in [-0.2, -0.15) is 5.10 Å². The molecule has 0 radical (unpaired) electrons. The summed E-state index contributed by atoms with van der Waals surface area (Å²) in [6.45, 7) is 3.20. The van der Waals surface area contributed by atoms with Crippen molar-refractivity contribution >= 4 is 11.8 Å². The van der Waals surface area contributed by atoms with Crippen molar-refractivity contribution in [2.75, 3.05) is 5.75 Å². The Bertz CT molecular complexity index is 598. The second-order valence-corrected chi connectivity index (χ2v) is 6.59. The number of thioether (sulfide) groups is 1. The summed E-state index contributed by atoms with van der Waals surface area (Å²) in [5, 5.41) is 16.8. The molecule has 19 heavy (non-hydrogen) atoms. The van der Waals surface area contributed by atoms with Gasteiger partial charge in [-0.25, -0.2) is 0 Å². The van der Waals surface area contributed by atoms with E-state index in [1.165, 1.54) is 18.5 Å². The van der Waals surface area contributed by atoms with Crippen LogP contribution in [0.4, 0.5) is 0 Å². The highest BCUT2D eigenvalue weighted by atomic mass is 32.2. The number of hydrogen-bond donors (Lipinski definition) is 1. The molecule has 1 aliphatic heterocycles. The van der Waals surface area contributed by atoms with Crippen molar-refractivity contribution < 1.29 is 0 Å². The van der Waals surface area contributed by atoms with Crippen molar-refractivity contribution in [3.05, 3.63) is 17.6 Å². The van der Waals surface area contributed by atoms with Crippen LogP contribution in [0.2, 0.25) is 0 Å². The fraction of sp³-hybridized carbons (Fsp3) is 0.615. The Kier molecular flexibility index (Phi) is 2.65. The summed E-state index contributed by atoms with van der Waals surface area (Å²) in [7, 11) is 0. The number of fused-ring (bicyclic) bond motifs is 1. The molecule has 1 fully saturated rings. The average molecular weight is 275 g/mol. The number of H-pyrrole nitrogens is 1. The van der Waals surface area contributed by atoms with Crippen molar-refractivity contribution in [1.29, 1.82) is 0 Å². The highest BCUT2D eigenvalue weighted by Crippen LogP contribution is 2.40. The molecule has 4 rings (SSSR count). The van der Waals surface area contributed by atoms with E-state index >= 15 is 0 Å². The Morgan fingerprint density at radius 1 is 1.42 bits per heavy atom. The lowest BCUT2D eigenvalue weighted by Gasteiger charge is -2.21. The summed E-state index contributed by atoms with van der Waals surface area (Å²) < 4.78 is 2.25. The molecule has 0 aromatic carbocycles. The average Bonchev–Trinajstić information content (AvgIpc) is 3.02. The minimum absolute atomic E-state index is 0.483. The molecule has 2 aliphatic rings. The fourth-order valence-corrected chi connectivity index (χ4v) is 3.81. The molecule has 2 aromatic rings. The van der Waals surface area contributed by atoms with Gasteiger partial charge in [0, 0.05) is 23.9 Å². The third kappa shape index (κ3) is 1.89. The van der Waals surface area contributed by atoms with Gasteiger partial charge in [-0.05, 0) is 25.3 Å². The third-order valence-electron chi connectivity index (χ3n) is 3.92. The first-order valence-electron chi connectivity index (χ1n) is 6.97. The van der Waals surface area contributed by atoms with Gasteiger partial charge in [0.2, 0.25) is 0 Å². The van der Waals surface area contributed by atoms with Crippen LogP contribution in [0.15, 0.2) is 6.07 Å². The standard InChI is InChI=1S/C13H17N5S/c1-2-11-13-17-16-12(18(13)5-6-19-11)10-7-9(14-15-10)8-3-4-8/h7-8,11H,2-6H2,1H3,(H,14,15). The van der Waals surface area contributed by atoms with E-state index in [4.69, 9.17) is 0 Å². The van der Waals surface area contributed by atoms with Crippen LogP contribution in [0.3, 0.4) is 0 Å². The summed E-state index contributed by atoms with van der Waals surface area (Å²) in [4.78, 5) is 0. The molecule has 6 heteroatoms. The normalized spacial score (nSPS) is 22.5. The van der Waals surface area contributed by atoms with Gasteiger partial charge in [-0.1, -0.05) is 6.92 Å². The number of aromatic nitrogens is 5. The lowest BCUT2D eigenvalue weighted by atomic mass is 10.2. The zero-order chi connectivity index (χ0) is 12.8. The Morgan fingerprint density at radius 3 is 3.11 bits per heavy atom. The topological polar surface area (TPSA) is 59.4 Å². The van der Waals surface area contributed by atoms with E-state index in [1.807, 2.05) is 11.8 Å². The van der Waals surface area contributed by atoms with Crippen LogP contribution in [0.25, 0.3) is 11.5 Å². The van der Waals surface area contributed by atoms with Crippen LogP contribution in [-0.4, -0.2) is 30.7 Å². The SMILES string of the molecule is CCC1SCCn2c(-c3cc(C4CC4)[nH]n3)nnc21. The van der Waals surface area contributed by atoms with Crippen LogP contribution in [0.5, 0.6) is 0 Å². The lowest BCUT2D eigenvalue weighted by molar-refractivity contribution is 0.661. The first kappa shape index (κ1) is 11.5. The molecule has 1 atom stereocenters. The Morgan fingerprint density at radius 2 is 2.32 bits per heavy atom. The second-order valence-electron chi connectivity index (χ2n) is 5.28. The molecule has 1 saturated carbocycles. The highest BCUT2D eigenvalue weighted by Gasteiger charge is 2.28. The smallest absolute Gasteiger partial charge is 0.184 e. The molecule has 1 aliphatic carbocycles. The summed E-state index contributed by atoms with van der Waals surface area (Å²) in [5.74, 6) is 3.88. The molecule has 100 valence electrons. The van der Waals surface area contributed by atoms with E-state index < -0.39 is 0 Å². The van der Waals surface area contributed by atoms with Crippen molar-refractivity contribution in [2.45, 2.75) is 43.9 Å². The van der Waals surface area contributed by atoms with E-state index in [0.717, 1.165) is 36.1 Å². The molecule has 0 saturated heterocycles. The summed E-state index contributed by atoms with van der Waals surface area (Å²) in [5.41, 5.74) is 2.20. The van der Waals surface area contributed by atoms with Crippen LogP contribution >= 0.6 is 11.8 Å². The van der Waals surface area contributed by atoms with Crippen LogP contribution < -0.4 is 0 Å². The van der Waals surface area contributed by atoms with E-state index in [1.54, 1.807) is 0 Å². The minimum atomic E-state index is 0.483. The molecule has 0 spiro atoms. The van der Waals surface area contributed by atoms with E-state index in [9.17, 15) is 0 Å². The summed E-state index contributed by atoms with van der Waals surface area (Å²) >= 11 is 1.98. The zero-order valence-electron chi connectivity index (χ0n) is 11.0. The van der Waals surface area contributed by atoms with Crippen molar-refractivity contribution in [1.82, 2.24) is 25.0 Å². The van der Waals surface area contributed by atoms with Gasteiger partial charge in [0.1, 0.15) is 11.5 Å². The number of nitrogens with one attached hydrogen (secondary N) is 1. The fourth-order valence-electron chi connectivity index (χ4n) is 2.68. The van der Waals surface area contributed by atoms with Gasteiger partial charge < -0.3 is 4.57 Å². The van der Waals surface area contributed by atoms with Crippen molar-refractivity contribution in [2.24, 2.45) is 0 Å². The summed E-state index contributed by atoms with van der Waals surface area (Å²) in [6.07, 6.45) is 3.68. The number of rotatable bonds is 3. The van der Waals surface area contributed by atoms with Gasteiger partial charge in [0.15, 0.2) is 5.82 Å². The molecular weight excluding hydrogens is 258 g/mol. The molecular formula is C13H17N5S. The summed E-state index contributed by atoms with van der Waals surface area (Å²) in [6, 6.07) is 2.15. The first-order chi connectivity index (χ1) is 9.36. The van der Waals surface area contributed by atoms with Gasteiger partial charge >= 0.3 is 0 Å². The maximum Gasteiger partial charge on any atom is 0.184 e. The number of hydrogen-bond acceptors (Lipinski definition) is 4. The van der Waals surface area contributed by atoms with Crippen molar-refractivity contribution in [3.8, 4) is 11.5 Å². The zero-order valence-corrected chi connectivity index (χ0v) is 11.8. The highest BCUT2D eigenvalue weighted by molar-refractivity contribution is 7.99. The Labute approximate surface area is 116 Å². The van der Waals surface area contributed by atoms with E-state index in [0.29, 0.717) is 11.2 Å². The Hall–Kier alpha value is -1.30. The van der Waals surface area contributed by atoms with Crippen molar-refractivity contribution in [3.63, 3.8) is 0 Å². The second kappa shape index (κ2) is 4.37. The van der Waals surface area contributed by atoms with Gasteiger partial charge in [-0.3, -0.25) is 5.10 Å². The van der Waals surface area contributed by atoms with Gasteiger partial charge in [0.25, 0.3) is 0 Å². The maximum atomic E-state index is 4.42. The quantitative estimate of drug-likeness (QED) is 0.935. The van der Waals surface area contributed by atoms with Gasteiger partial charge in [0.05, 0.1) is 5.25 Å². The van der Waals surface area contributed by atoms with Crippen LogP contribution in [0, 0.1) is 0 Å². The molecule has 5 nitrogen and oxygen atoms in total. The van der Waals surface area contributed by atoms with Gasteiger partial charge in [-0.15, -0.1) is 22.0 Å². The predicted molar refractivity (Wildman–Crippen MR) is 75.1 cm³/mol. The molecule has 2 aromatic heterocycles. The largest absolute Gasteiger partial charge is 0.308 e. The molecule has 3 heterocycles. The molecule has 0 bridgehead atoms. The van der Waals surface area contributed by atoms with Crippen LogP contribution in [-0.2, 0) is 6.54 Å². The first-order valence-corrected chi connectivity index (χ1v) is 8.02. The third-order valence-corrected chi connectivity index (χ3v) is 5.28. The maximum absolute atomic E-state index is 4.42. The minimum Gasteiger partial charge on any atom is -0.308 e. The Balaban J connectivity index is 1.72. The number of nitrogens with zero attached hydrogens (tertiary/aromatic N) is 4.